The van der Waals surface area contributed by atoms with Gasteiger partial charge in [0.25, 0.3) is 0 Å². The lowest BCUT2D eigenvalue weighted by molar-refractivity contribution is 0.654. The van der Waals surface area contributed by atoms with Crippen LogP contribution in [0, 0.1) is 0 Å². The maximum atomic E-state index is 6.54. The second-order valence-electron chi connectivity index (χ2n) is 11.0. The van der Waals surface area contributed by atoms with E-state index >= 15 is 0 Å². The summed E-state index contributed by atoms with van der Waals surface area (Å²) in [6.45, 7) is 0. The smallest absolute Gasteiger partial charge is 0.227 e. The van der Waals surface area contributed by atoms with Crippen LogP contribution in [0.1, 0.15) is 0 Å². The summed E-state index contributed by atoms with van der Waals surface area (Å²) < 4.78 is 12.8. The maximum Gasteiger partial charge on any atom is 0.227 e. The molecular formula is C38H21N3O2. The van der Waals surface area contributed by atoms with Crippen LogP contribution in [0.5, 0.6) is 0 Å². The zero-order valence-electron chi connectivity index (χ0n) is 22.8. The summed E-state index contributed by atoms with van der Waals surface area (Å²) in [5, 5.41) is 5.52. The first-order valence-electron chi connectivity index (χ1n) is 14.3. The molecule has 1 aliphatic rings. The summed E-state index contributed by atoms with van der Waals surface area (Å²) >= 11 is 0. The molecule has 0 atom stereocenters. The van der Waals surface area contributed by atoms with Crippen molar-refractivity contribution in [1.82, 2.24) is 9.97 Å². The predicted molar refractivity (Wildman–Crippen MR) is 173 cm³/mol. The summed E-state index contributed by atoms with van der Waals surface area (Å²) in [5.41, 5.74) is 11.7. The molecule has 4 heterocycles. The van der Waals surface area contributed by atoms with Gasteiger partial charge in [-0.05, 0) is 87.6 Å². The fourth-order valence-corrected chi connectivity index (χ4v) is 6.92. The fraction of sp³-hybridized carbons (Fsp3) is 0. The average molecular weight is 552 g/mol. The normalized spacial score (nSPS) is 12.2. The Morgan fingerprint density at radius 3 is 2.26 bits per heavy atom. The molecule has 5 heteroatoms. The van der Waals surface area contributed by atoms with Gasteiger partial charge in [0.05, 0.1) is 22.1 Å². The van der Waals surface area contributed by atoms with E-state index in [4.69, 9.17) is 13.8 Å². The molecule has 0 unspecified atom stereocenters. The highest BCUT2D eigenvalue weighted by molar-refractivity contribution is 6.17. The quantitative estimate of drug-likeness (QED) is 0.219. The Bertz CT molecular complexity index is 2590. The molecule has 4 aromatic heterocycles. The van der Waals surface area contributed by atoms with Crippen LogP contribution < -0.4 is 4.90 Å². The Morgan fingerprint density at radius 2 is 1.33 bits per heavy atom. The molecule has 0 amide bonds. The summed E-state index contributed by atoms with van der Waals surface area (Å²) in [6.07, 6.45) is 3.63. The van der Waals surface area contributed by atoms with Crippen molar-refractivity contribution in [3.8, 4) is 22.3 Å². The van der Waals surface area contributed by atoms with E-state index in [1.165, 1.54) is 33.0 Å². The van der Waals surface area contributed by atoms with Gasteiger partial charge in [0, 0.05) is 23.5 Å². The van der Waals surface area contributed by atoms with Gasteiger partial charge >= 0.3 is 0 Å². The molecule has 9 aromatic rings. The van der Waals surface area contributed by atoms with Crippen LogP contribution in [0.2, 0.25) is 0 Å². The number of fused-ring (bicyclic) bond motifs is 9. The summed E-state index contributed by atoms with van der Waals surface area (Å²) in [5.74, 6) is 0. The molecule has 0 saturated heterocycles. The minimum Gasteiger partial charge on any atom is -0.452 e. The maximum absolute atomic E-state index is 6.54. The minimum atomic E-state index is 0.615. The van der Waals surface area contributed by atoms with Gasteiger partial charge in [-0.25, -0.2) is 4.98 Å². The number of hydrogen-bond acceptors (Lipinski definition) is 5. The second kappa shape index (κ2) is 8.30. The third kappa shape index (κ3) is 3.05. The van der Waals surface area contributed by atoms with Gasteiger partial charge in [-0.3, -0.25) is 4.98 Å². The monoisotopic (exact) mass is 551 g/mol. The second-order valence-corrected chi connectivity index (χ2v) is 11.0. The van der Waals surface area contributed by atoms with Gasteiger partial charge < -0.3 is 13.7 Å². The van der Waals surface area contributed by atoms with Gasteiger partial charge in [-0.2, -0.15) is 0 Å². The van der Waals surface area contributed by atoms with E-state index < -0.39 is 0 Å². The fourth-order valence-electron chi connectivity index (χ4n) is 6.92. The van der Waals surface area contributed by atoms with Gasteiger partial charge in [0.1, 0.15) is 16.7 Å². The molecule has 0 saturated carbocycles. The van der Waals surface area contributed by atoms with Crippen LogP contribution in [-0.2, 0) is 0 Å². The number of anilines is 3. The molecule has 0 N–H and O–H groups in total. The zero-order valence-corrected chi connectivity index (χ0v) is 22.8. The highest BCUT2D eigenvalue weighted by Crippen LogP contribution is 2.51. The lowest BCUT2D eigenvalue weighted by Gasteiger charge is -2.26. The molecule has 5 aromatic carbocycles. The molecule has 200 valence electrons. The minimum absolute atomic E-state index is 0.615. The van der Waals surface area contributed by atoms with Crippen molar-refractivity contribution in [1.29, 1.82) is 0 Å². The lowest BCUT2D eigenvalue weighted by atomic mass is 10.0. The first kappa shape index (κ1) is 22.7. The molecule has 43 heavy (non-hydrogen) atoms. The van der Waals surface area contributed by atoms with Crippen LogP contribution in [0.3, 0.4) is 0 Å². The van der Waals surface area contributed by atoms with Crippen molar-refractivity contribution in [3.05, 3.63) is 128 Å². The van der Waals surface area contributed by atoms with Crippen molar-refractivity contribution in [2.75, 3.05) is 4.90 Å². The molecule has 0 fully saturated rings. The van der Waals surface area contributed by atoms with E-state index in [0.717, 1.165) is 55.5 Å². The van der Waals surface area contributed by atoms with E-state index in [-0.39, 0.29) is 0 Å². The third-order valence-corrected chi connectivity index (χ3v) is 8.72. The standard InChI is InChI=1S/C38H21N3O2/c1-2-14-32-27(9-1)36-37(42-32)31(18-20-39-36)41(30-13-5-15-33-35(30)28-12-6-19-40-38(28)43-33)23-16-17-24-25-10-3-7-22-8-4-11-26(34(22)25)29(24)21-23/h1-21H. The van der Waals surface area contributed by atoms with Gasteiger partial charge in [-0.15, -0.1) is 0 Å². The van der Waals surface area contributed by atoms with Crippen molar-refractivity contribution >= 4 is 72.0 Å². The third-order valence-electron chi connectivity index (χ3n) is 8.72. The van der Waals surface area contributed by atoms with E-state index in [9.17, 15) is 0 Å². The van der Waals surface area contributed by atoms with Crippen molar-refractivity contribution in [2.24, 2.45) is 0 Å². The first-order chi connectivity index (χ1) is 21.3. The largest absolute Gasteiger partial charge is 0.452 e. The summed E-state index contributed by atoms with van der Waals surface area (Å²) in [7, 11) is 0. The molecule has 0 aliphatic heterocycles. The Labute approximate surface area is 245 Å². The first-order valence-corrected chi connectivity index (χ1v) is 14.3. The molecule has 10 rings (SSSR count). The number of pyridine rings is 2. The average Bonchev–Trinajstić information content (AvgIpc) is 3.73. The Morgan fingerprint density at radius 1 is 0.512 bits per heavy atom. The predicted octanol–water partition coefficient (Wildman–Crippen LogP) is 10.5. The van der Waals surface area contributed by atoms with E-state index in [1.54, 1.807) is 6.20 Å². The van der Waals surface area contributed by atoms with E-state index in [0.29, 0.717) is 5.71 Å². The zero-order chi connectivity index (χ0) is 28.1. The van der Waals surface area contributed by atoms with Crippen LogP contribution in [0.4, 0.5) is 17.1 Å². The highest BCUT2D eigenvalue weighted by atomic mass is 16.3. The highest BCUT2D eigenvalue weighted by Gasteiger charge is 2.27. The van der Waals surface area contributed by atoms with E-state index in [1.807, 2.05) is 48.7 Å². The number of benzene rings is 5. The number of furan rings is 2. The van der Waals surface area contributed by atoms with Gasteiger partial charge in [0.2, 0.25) is 5.71 Å². The lowest BCUT2D eigenvalue weighted by Crippen LogP contribution is -2.11. The van der Waals surface area contributed by atoms with Gasteiger partial charge in [-0.1, -0.05) is 60.7 Å². The number of aromatic nitrogens is 2. The number of rotatable bonds is 3. The van der Waals surface area contributed by atoms with Crippen LogP contribution >= 0.6 is 0 Å². The van der Waals surface area contributed by atoms with Crippen molar-refractivity contribution in [2.45, 2.75) is 0 Å². The molecule has 5 nitrogen and oxygen atoms in total. The molecule has 0 radical (unpaired) electrons. The molecular weight excluding hydrogens is 530 g/mol. The van der Waals surface area contributed by atoms with Gasteiger partial charge in [0.15, 0.2) is 5.58 Å². The van der Waals surface area contributed by atoms with Crippen molar-refractivity contribution < 1.29 is 8.83 Å². The summed E-state index contributed by atoms with van der Waals surface area (Å²) in [4.78, 5) is 11.6. The van der Waals surface area contributed by atoms with Crippen molar-refractivity contribution in [3.63, 3.8) is 0 Å². The SMILES string of the molecule is c1cc2c3c(cccc3c1)-c1cc(N(c3ccnc4c3oc3ccccc34)c3cccc4oc5ncccc5c34)ccc1-2. The number of para-hydroxylation sites is 1. The Balaban J connectivity index is 1.31. The molecule has 0 spiro atoms. The summed E-state index contributed by atoms with van der Waals surface area (Å²) in [6, 6.07) is 40.2. The van der Waals surface area contributed by atoms with E-state index in [2.05, 4.69) is 82.7 Å². The van der Waals surface area contributed by atoms with Crippen LogP contribution in [0.15, 0.2) is 136 Å². The van der Waals surface area contributed by atoms with Crippen LogP contribution in [0.25, 0.3) is 77.2 Å². The molecule has 1 aliphatic carbocycles. The molecule has 0 bridgehead atoms. The number of hydrogen-bond donors (Lipinski definition) is 0. The Hall–Kier alpha value is -5.94. The Kier molecular flexibility index (Phi) is 4.39. The van der Waals surface area contributed by atoms with Crippen LogP contribution in [-0.4, -0.2) is 9.97 Å². The topological polar surface area (TPSA) is 55.3 Å². The number of nitrogens with zero attached hydrogens (tertiary/aromatic N) is 3.